The van der Waals surface area contributed by atoms with Crippen molar-refractivity contribution >= 4 is 11.5 Å². The van der Waals surface area contributed by atoms with Gasteiger partial charge in [-0.05, 0) is 38.5 Å². The van der Waals surface area contributed by atoms with Crippen molar-refractivity contribution in [2.24, 2.45) is 0 Å². The first-order valence-electron chi connectivity index (χ1n) is 6.82. The van der Waals surface area contributed by atoms with Gasteiger partial charge in [0.2, 0.25) is 5.88 Å². The third-order valence-electron chi connectivity index (χ3n) is 2.64. The van der Waals surface area contributed by atoms with E-state index < -0.39 is 4.92 Å². The van der Waals surface area contributed by atoms with Gasteiger partial charge in [0, 0.05) is 24.9 Å². The van der Waals surface area contributed by atoms with E-state index in [1.165, 1.54) is 12.3 Å². The van der Waals surface area contributed by atoms with Crippen LogP contribution in [0.2, 0.25) is 0 Å². The van der Waals surface area contributed by atoms with Gasteiger partial charge in [-0.25, -0.2) is 9.97 Å². The van der Waals surface area contributed by atoms with Crippen molar-refractivity contribution in [1.29, 1.82) is 0 Å². The fourth-order valence-corrected chi connectivity index (χ4v) is 1.72. The molecule has 0 aromatic carbocycles. The maximum absolute atomic E-state index is 10.6. The summed E-state index contributed by atoms with van der Waals surface area (Å²) in [5.41, 5.74) is 0.642. The summed E-state index contributed by atoms with van der Waals surface area (Å²) in [5, 5.41) is 13.7. The molecule has 0 radical (unpaired) electrons. The molecule has 0 saturated heterocycles. The predicted molar refractivity (Wildman–Crippen MR) is 82.8 cm³/mol. The molecule has 0 amide bonds. The van der Waals surface area contributed by atoms with Gasteiger partial charge < -0.3 is 10.1 Å². The topological polar surface area (TPSA) is 90.2 Å². The van der Waals surface area contributed by atoms with Crippen LogP contribution in [-0.4, -0.2) is 20.5 Å². The molecule has 116 valence electrons. The smallest absolute Gasteiger partial charge is 0.287 e. The summed E-state index contributed by atoms with van der Waals surface area (Å²) in [6.45, 7) is 6.40. The number of nitrogens with one attached hydrogen (secondary N) is 1. The van der Waals surface area contributed by atoms with Crippen LogP contribution in [0, 0.1) is 10.1 Å². The van der Waals surface area contributed by atoms with Crippen LogP contribution in [0.3, 0.4) is 0 Å². The predicted octanol–water partition coefficient (Wildman–Crippen LogP) is 3.17. The summed E-state index contributed by atoms with van der Waals surface area (Å²) >= 11 is 0. The van der Waals surface area contributed by atoms with Crippen molar-refractivity contribution in [3.8, 4) is 5.88 Å². The van der Waals surface area contributed by atoms with E-state index in [2.05, 4.69) is 15.3 Å². The highest BCUT2D eigenvalue weighted by molar-refractivity contribution is 5.40. The standard InChI is InChI=1S/C15H18N4O3/c1-15(2,3)22-14-8-11(6-7-16-14)9-17-13-5-4-12(10-18-13)19(20)21/h4-8,10H,9H2,1-3H3,(H,17,18). The first kappa shape index (κ1) is 15.7. The molecule has 0 fully saturated rings. The minimum atomic E-state index is -0.476. The number of rotatable bonds is 5. The molecule has 0 atom stereocenters. The molecular formula is C15H18N4O3. The van der Waals surface area contributed by atoms with Gasteiger partial charge in [-0.3, -0.25) is 10.1 Å². The fraction of sp³-hybridized carbons (Fsp3) is 0.333. The van der Waals surface area contributed by atoms with Crippen LogP contribution in [0.15, 0.2) is 36.7 Å². The minimum absolute atomic E-state index is 0.0321. The number of ether oxygens (including phenoxy) is 1. The average molecular weight is 302 g/mol. The van der Waals surface area contributed by atoms with Gasteiger partial charge in [-0.1, -0.05) is 0 Å². The normalized spacial score (nSPS) is 11.0. The van der Waals surface area contributed by atoms with Crippen LogP contribution in [0.5, 0.6) is 5.88 Å². The van der Waals surface area contributed by atoms with Crippen molar-refractivity contribution in [1.82, 2.24) is 9.97 Å². The molecule has 2 rings (SSSR count). The maximum Gasteiger partial charge on any atom is 0.287 e. The lowest BCUT2D eigenvalue weighted by Gasteiger charge is -2.20. The van der Waals surface area contributed by atoms with Crippen molar-refractivity contribution in [3.05, 3.63) is 52.3 Å². The van der Waals surface area contributed by atoms with E-state index in [4.69, 9.17) is 4.74 Å². The van der Waals surface area contributed by atoms with Crippen LogP contribution in [-0.2, 0) is 6.54 Å². The third-order valence-corrected chi connectivity index (χ3v) is 2.64. The molecule has 0 aliphatic carbocycles. The zero-order chi connectivity index (χ0) is 16.2. The van der Waals surface area contributed by atoms with Crippen LogP contribution in [0.25, 0.3) is 0 Å². The number of aromatic nitrogens is 2. The highest BCUT2D eigenvalue weighted by Gasteiger charge is 2.12. The molecule has 2 heterocycles. The second-order valence-electron chi connectivity index (χ2n) is 5.73. The molecular weight excluding hydrogens is 284 g/mol. The Morgan fingerprint density at radius 2 is 2.05 bits per heavy atom. The lowest BCUT2D eigenvalue weighted by molar-refractivity contribution is -0.385. The number of nitrogens with zero attached hydrogens (tertiary/aromatic N) is 3. The third kappa shape index (κ3) is 4.69. The van der Waals surface area contributed by atoms with Gasteiger partial charge in [0.15, 0.2) is 0 Å². The average Bonchev–Trinajstić information content (AvgIpc) is 2.44. The van der Waals surface area contributed by atoms with E-state index in [1.807, 2.05) is 32.9 Å². The summed E-state index contributed by atoms with van der Waals surface area (Å²) in [6, 6.07) is 6.71. The molecule has 0 saturated carbocycles. The first-order chi connectivity index (χ1) is 10.3. The van der Waals surface area contributed by atoms with Gasteiger partial charge in [0.1, 0.15) is 17.6 Å². The highest BCUT2D eigenvalue weighted by atomic mass is 16.6. The number of hydrogen-bond donors (Lipinski definition) is 1. The molecule has 0 aliphatic heterocycles. The van der Waals surface area contributed by atoms with Crippen LogP contribution in [0.1, 0.15) is 26.3 Å². The summed E-state index contributed by atoms with van der Waals surface area (Å²) < 4.78 is 5.71. The zero-order valence-electron chi connectivity index (χ0n) is 12.7. The molecule has 0 bridgehead atoms. The van der Waals surface area contributed by atoms with E-state index in [9.17, 15) is 10.1 Å². The summed E-state index contributed by atoms with van der Waals surface area (Å²) in [5.74, 6) is 1.13. The molecule has 7 nitrogen and oxygen atoms in total. The Morgan fingerprint density at radius 1 is 1.27 bits per heavy atom. The zero-order valence-corrected chi connectivity index (χ0v) is 12.7. The van der Waals surface area contributed by atoms with E-state index in [-0.39, 0.29) is 11.3 Å². The maximum atomic E-state index is 10.6. The van der Waals surface area contributed by atoms with Crippen molar-refractivity contribution in [3.63, 3.8) is 0 Å². The molecule has 0 unspecified atom stereocenters. The van der Waals surface area contributed by atoms with Gasteiger partial charge in [-0.15, -0.1) is 0 Å². The Labute approximate surface area is 128 Å². The summed E-state index contributed by atoms with van der Waals surface area (Å²) in [7, 11) is 0. The number of pyridine rings is 2. The Hall–Kier alpha value is -2.70. The van der Waals surface area contributed by atoms with Gasteiger partial charge in [0.25, 0.3) is 5.69 Å². The molecule has 22 heavy (non-hydrogen) atoms. The van der Waals surface area contributed by atoms with Crippen molar-refractivity contribution in [2.45, 2.75) is 32.9 Å². The number of anilines is 1. The molecule has 2 aromatic rings. The number of hydrogen-bond acceptors (Lipinski definition) is 6. The fourth-order valence-electron chi connectivity index (χ4n) is 1.72. The van der Waals surface area contributed by atoms with Gasteiger partial charge in [-0.2, -0.15) is 0 Å². The van der Waals surface area contributed by atoms with E-state index in [1.54, 1.807) is 12.3 Å². The Bertz CT molecular complexity index is 651. The number of nitro groups is 1. The molecule has 1 N–H and O–H groups in total. The molecule has 7 heteroatoms. The second-order valence-corrected chi connectivity index (χ2v) is 5.73. The second kappa shape index (κ2) is 6.38. The summed E-state index contributed by atoms with van der Waals surface area (Å²) in [6.07, 6.45) is 2.91. The Balaban J connectivity index is 1.99. The Kier molecular flexibility index (Phi) is 4.55. The largest absolute Gasteiger partial charge is 0.472 e. The van der Waals surface area contributed by atoms with Crippen molar-refractivity contribution < 1.29 is 9.66 Å². The van der Waals surface area contributed by atoms with Crippen LogP contribution >= 0.6 is 0 Å². The monoisotopic (exact) mass is 302 g/mol. The van der Waals surface area contributed by atoms with E-state index >= 15 is 0 Å². The SMILES string of the molecule is CC(C)(C)Oc1cc(CNc2ccc([N+](=O)[O-])cn2)ccn1. The highest BCUT2D eigenvalue weighted by Crippen LogP contribution is 2.17. The quantitative estimate of drug-likeness (QED) is 0.674. The first-order valence-corrected chi connectivity index (χ1v) is 6.82. The lowest BCUT2D eigenvalue weighted by Crippen LogP contribution is -2.23. The minimum Gasteiger partial charge on any atom is -0.472 e. The van der Waals surface area contributed by atoms with Crippen molar-refractivity contribution in [2.75, 3.05) is 5.32 Å². The molecule has 0 spiro atoms. The molecule has 0 aliphatic rings. The van der Waals surface area contributed by atoms with E-state index in [0.29, 0.717) is 18.2 Å². The summed E-state index contributed by atoms with van der Waals surface area (Å²) in [4.78, 5) is 18.3. The van der Waals surface area contributed by atoms with Crippen LogP contribution in [0.4, 0.5) is 11.5 Å². The van der Waals surface area contributed by atoms with Gasteiger partial charge in [0.05, 0.1) is 4.92 Å². The van der Waals surface area contributed by atoms with Gasteiger partial charge >= 0.3 is 0 Å². The van der Waals surface area contributed by atoms with Crippen LogP contribution < -0.4 is 10.1 Å². The lowest BCUT2D eigenvalue weighted by atomic mass is 10.2. The Morgan fingerprint density at radius 3 is 2.64 bits per heavy atom. The molecule has 2 aromatic heterocycles. The van der Waals surface area contributed by atoms with E-state index in [0.717, 1.165) is 5.56 Å².